The van der Waals surface area contributed by atoms with Gasteiger partial charge in [-0.05, 0) is 32.1 Å². The summed E-state index contributed by atoms with van der Waals surface area (Å²) in [7, 11) is 0. The van der Waals surface area contributed by atoms with Crippen molar-refractivity contribution in [2.75, 3.05) is 18.0 Å². The number of hydrogen-bond acceptors (Lipinski definition) is 8. The molecule has 1 saturated heterocycles. The van der Waals surface area contributed by atoms with Gasteiger partial charge in [0.1, 0.15) is 18.3 Å². The van der Waals surface area contributed by atoms with Gasteiger partial charge in [-0.1, -0.05) is 19.9 Å². The van der Waals surface area contributed by atoms with Gasteiger partial charge in [0, 0.05) is 48.9 Å². The van der Waals surface area contributed by atoms with Gasteiger partial charge in [0.25, 0.3) is 17.7 Å². The topological polar surface area (TPSA) is 131 Å². The fourth-order valence-corrected chi connectivity index (χ4v) is 4.97. The maximum atomic E-state index is 13.3. The Morgan fingerprint density at radius 3 is 2.83 bits per heavy atom. The number of fused-ring (bicyclic) bond motifs is 2. The maximum absolute atomic E-state index is 13.3. The van der Waals surface area contributed by atoms with Crippen LogP contribution in [0.2, 0.25) is 0 Å². The summed E-state index contributed by atoms with van der Waals surface area (Å²) in [6.45, 7) is 6.89. The highest BCUT2D eigenvalue weighted by molar-refractivity contribution is 6.19. The van der Waals surface area contributed by atoms with Gasteiger partial charge in [-0.3, -0.25) is 19.3 Å². The number of aliphatic hydroxyl groups excluding tert-OH is 1. The predicted molar refractivity (Wildman–Crippen MR) is 126 cm³/mol. The van der Waals surface area contributed by atoms with E-state index in [9.17, 15) is 19.5 Å². The number of anilines is 1. The maximum Gasteiger partial charge on any atom is 0.280 e. The molecule has 4 aliphatic rings. The second-order valence-corrected chi connectivity index (χ2v) is 10.0. The second-order valence-electron chi connectivity index (χ2n) is 10.0. The lowest BCUT2D eigenvalue weighted by Crippen LogP contribution is -2.59. The lowest BCUT2D eigenvalue weighted by atomic mass is 9.95. The van der Waals surface area contributed by atoms with Crippen LogP contribution in [0.4, 0.5) is 5.82 Å². The van der Waals surface area contributed by atoms with E-state index in [0.29, 0.717) is 25.3 Å². The van der Waals surface area contributed by atoms with Crippen LogP contribution in [-0.4, -0.2) is 74.0 Å². The molecule has 2 fully saturated rings. The van der Waals surface area contributed by atoms with Crippen molar-refractivity contribution in [2.45, 2.75) is 58.3 Å². The first-order valence-electron chi connectivity index (χ1n) is 12.1. The van der Waals surface area contributed by atoms with Crippen molar-refractivity contribution in [3.63, 3.8) is 0 Å². The molecule has 4 heterocycles. The summed E-state index contributed by atoms with van der Waals surface area (Å²) >= 11 is 0. The number of hydrazine groups is 1. The molecular formula is C24H31N7O4. The van der Waals surface area contributed by atoms with Gasteiger partial charge in [-0.25, -0.2) is 20.4 Å². The summed E-state index contributed by atoms with van der Waals surface area (Å²) in [5, 5.41) is 15.3. The second kappa shape index (κ2) is 8.95. The van der Waals surface area contributed by atoms with Crippen molar-refractivity contribution in [1.82, 2.24) is 30.6 Å². The van der Waals surface area contributed by atoms with Crippen LogP contribution >= 0.6 is 0 Å². The van der Waals surface area contributed by atoms with Crippen LogP contribution in [0.25, 0.3) is 0 Å². The highest BCUT2D eigenvalue weighted by atomic mass is 16.3. The minimum atomic E-state index is -0.574. The van der Waals surface area contributed by atoms with Crippen molar-refractivity contribution in [1.29, 1.82) is 0 Å². The first-order valence-corrected chi connectivity index (χ1v) is 12.1. The van der Waals surface area contributed by atoms with E-state index >= 15 is 0 Å². The van der Waals surface area contributed by atoms with Crippen LogP contribution in [-0.2, 0) is 20.8 Å². The molecule has 1 aromatic heterocycles. The van der Waals surface area contributed by atoms with Crippen molar-refractivity contribution in [3.8, 4) is 0 Å². The minimum absolute atomic E-state index is 0.0556. The Morgan fingerprint density at radius 1 is 1.34 bits per heavy atom. The van der Waals surface area contributed by atoms with Crippen molar-refractivity contribution >= 4 is 23.5 Å². The zero-order chi connectivity index (χ0) is 24.9. The molecule has 5 rings (SSSR count). The number of aromatic nitrogens is 2. The van der Waals surface area contributed by atoms with Gasteiger partial charge in [0.05, 0.1) is 0 Å². The van der Waals surface area contributed by atoms with Crippen molar-refractivity contribution < 1.29 is 19.5 Å². The first kappa shape index (κ1) is 23.3. The standard InChI is InChI=1S/C24H31N7O4/c1-13(2)11-30-22-17(6-7-18(32)29-9-8-15-10-25-12-26-20(15)29)14(3)28-31(22)24(35)19(23(30)34)21(33)27-16-4-5-16/h6-7,10,12-14,16-17,22,28,34H,4-5,8-9,11H2,1-3H3,(H,27,33)/b7-6+. The van der Waals surface area contributed by atoms with Gasteiger partial charge in [-0.15, -0.1) is 0 Å². The van der Waals surface area contributed by atoms with Gasteiger partial charge in [0.15, 0.2) is 5.57 Å². The van der Waals surface area contributed by atoms with E-state index in [2.05, 4.69) is 20.7 Å². The van der Waals surface area contributed by atoms with Crippen LogP contribution in [0.5, 0.6) is 0 Å². The average molecular weight is 482 g/mol. The third-order valence-electron chi connectivity index (χ3n) is 6.83. The van der Waals surface area contributed by atoms with E-state index in [4.69, 9.17) is 0 Å². The number of carbonyl (C=O) groups excluding carboxylic acids is 3. The molecule has 3 unspecified atom stereocenters. The summed E-state index contributed by atoms with van der Waals surface area (Å²) in [6.07, 6.45) is 8.33. The normalized spacial score (nSPS) is 26.1. The molecular weight excluding hydrogens is 450 g/mol. The lowest BCUT2D eigenvalue weighted by Gasteiger charge is -2.42. The number of aliphatic hydroxyl groups is 1. The average Bonchev–Trinajstić information content (AvgIpc) is 3.41. The largest absolute Gasteiger partial charge is 0.494 e. The molecule has 1 aliphatic carbocycles. The monoisotopic (exact) mass is 481 g/mol. The molecule has 0 bridgehead atoms. The number of carbonyl (C=O) groups is 3. The molecule has 3 N–H and O–H groups in total. The van der Waals surface area contributed by atoms with Crippen LogP contribution < -0.4 is 15.6 Å². The summed E-state index contributed by atoms with van der Waals surface area (Å²) < 4.78 is 0. The highest BCUT2D eigenvalue weighted by Gasteiger charge is 2.51. The molecule has 3 aliphatic heterocycles. The molecule has 3 atom stereocenters. The van der Waals surface area contributed by atoms with Crippen LogP contribution in [0.3, 0.4) is 0 Å². The quantitative estimate of drug-likeness (QED) is 0.398. The van der Waals surface area contributed by atoms with Gasteiger partial charge < -0.3 is 15.3 Å². The Balaban J connectivity index is 1.42. The van der Waals surface area contributed by atoms with E-state index < -0.39 is 18.0 Å². The molecule has 1 aromatic rings. The van der Waals surface area contributed by atoms with Crippen LogP contribution in [0.1, 0.15) is 39.2 Å². The zero-order valence-electron chi connectivity index (χ0n) is 20.1. The number of nitrogens with one attached hydrogen (secondary N) is 2. The Morgan fingerprint density at radius 2 is 2.11 bits per heavy atom. The van der Waals surface area contributed by atoms with E-state index in [-0.39, 0.29) is 41.3 Å². The molecule has 186 valence electrons. The fourth-order valence-electron chi connectivity index (χ4n) is 4.97. The summed E-state index contributed by atoms with van der Waals surface area (Å²) in [5.41, 5.74) is 3.85. The molecule has 0 aromatic carbocycles. The van der Waals surface area contributed by atoms with E-state index in [0.717, 1.165) is 18.4 Å². The number of rotatable bonds is 6. The third-order valence-corrected chi connectivity index (χ3v) is 6.83. The van der Waals surface area contributed by atoms with Gasteiger partial charge in [-0.2, -0.15) is 0 Å². The molecule has 35 heavy (non-hydrogen) atoms. The number of amides is 3. The highest BCUT2D eigenvalue weighted by Crippen LogP contribution is 2.35. The molecule has 11 nitrogen and oxygen atoms in total. The van der Waals surface area contributed by atoms with Gasteiger partial charge in [0.2, 0.25) is 5.88 Å². The zero-order valence-corrected chi connectivity index (χ0v) is 20.1. The fraction of sp³-hybridized carbons (Fsp3) is 0.542. The number of hydrogen-bond donors (Lipinski definition) is 3. The summed E-state index contributed by atoms with van der Waals surface area (Å²) in [5.74, 6) is -1.16. The Hall–Kier alpha value is -3.47. The minimum Gasteiger partial charge on any atom is -0.494 e. The Kier molecular flexibility index (Phi) is 5.96. The van der Waals surface area contributed by atoms with Crippen LogP contribution in [0, 0.1) is 11.8 Å². The summed E-state index contributed by atoms with van der Waals surface area (Å²) in [6, 6.07) is -0.158. The van der Waals surface area contributed by atoms with Gasteiger partial charge >= 0.3 is 0 Å². The molecule has 1 saturated carbocycles. The van der Waals surface area contributed by atoms with E-state index in [1.807, 2.05) is 20.8 Å². The molecule has 11 heteroatoms. The summed E-state index contributed by atoms with van der Waals surface area (Å²) in [4.78, 5) is 50.7. The predicted octanol–water partition coefficient (Wildman–Crippen LogP) is 0.619. The third kappa shape index (κ3) is 4.24. The SMILES string of the molecule is CC(C)CN1C(O)=C(C(=O)NC2CC2)C(=O)N2NC(C)C(/C=C/C(=O)N3CCc4cncnc43)C12. The Labute approximate surface area is 203 Å². The van der Waals surface area contributed by atoms with E-state index in [1.165, 1.54) is 17.4 Å². The molecule has 3 amide bonds. The first-order chi connectivity index (χ1) is 16.8. The smallest absolute Gasteiger partial charge is 0.280 e. The Bertz CT molecular complexity index is 1110. The van der Waals surface area contributed by atoms with Crippen molar-refractivity contribution in [3.05, 3.63) is 41.7 Å². The molecule has 0 radical (unpaired) electrons. The van der Waals surface area contributed by atoms with E-state index in [1.54, 1.807) is 22.1 Å². The molecule has 0 spiro atoms. The lowest BCUT2D eigenvalue weighted by molar-refractivity contribution is -0.142. The van der Waals surface area contributed by atoms with Crippen LogP contribution in [0.15, 0.2) is 36.1 Å². The van der Waals surface area contributed by atoms with Crippen molar-refractivity contribution in [2.24, 2.45) is 11.8 Å². The number of nitrogens with zero attached hydrogens (tertiary/aromatic N) is 5.